The highest BCUT2D eigenvalue weighted by Crippen LogP contribution is 2.18. The number of nitrogens with zero attached hydrogens (tertiary/aromatic N) is 3. The normalized spacial score (nSPS) is 13.1. The van der Waals surface area contributed by atoms with E-state index in [9.17, 15) is 14.9 Å². The Morgan fingerprint density at radius 3 is 2.79 bits per heavy atom. The van der Waals surface area contributed by atoms with Gasteiger partial charge in [0.05, 0.1) is 4.92 Å². The summed E-state index contributed by atoms with van der Waals surface area (Å²) in [5.41, 5.74) is -1.20. The van der Waals surface area contributed by atoms with Crippen LogP contribution in [0, 0.1) is 16.0 Å². The van der Waals surface area contributed by atoms with E-state index in [0.29, 0.717) is 6.54 Å². The van der Waals surface area contributed by atoms with Crippen LogP contribution in [-0.2, 0) is 10.3 Å². The standard InChI is InChI=1S/C11H18N4O4/c1-8(7-16)4-12-10(17)11(2,3)14-6-9(5-13-14)15(18)19/h5-6,8,16H,4,7H2,1-3H3,(H,12,17). The SMILES string of the molecule is CC(CO)CNC(=O)C(C)(C)n1cc([N+](=O)[O-])cn1. The van der Waals surface area contributed by atoms with Gasteiger partial charge in [-0.05, 0) is 19.8 Å². The van der Waals surface area contributed by atoms with Gasteiger partial charge in [-0.3, -0.25) is 19.6 Å². The minimum atomic E-state index is -1.04. The first-order valence-electron chi connectivity index (χ1n) is 5.87. The van der Waals surface area contributed by atoms with E-state index in [4.69, 9.17) is 5.11 Å². The summed E-state index contributed by atoms with van der Waals surface area (Å²) in [4.78, 5) is 22.1. The topological polar surface area (TPSA) is 110 Å². The minimum absolute atomic E-state index is 0.0199. The first kappa shape index (κ1) is 15.1. The Morgan fingerprint density at radius 1 is 1.68 bits per heavy atom. The van der Waals surface area contributed by atoms with Gasteiger partial charge in [0.2, 0.25) is 5.91 Å². The Balaban J connectivity index is 2.77. The summed E-state index contributed by atoms with van der Waals surface area (Å²) >= 11 is 0. The van der Waals surface area contributed by atoms with E-state index in [0.717, 1.165) is 6.20 Å². The van der Waals surface area contributed by atoms with Crippen molar-refractivity contribution in [2.75, 3.05) is 13.2 Å². The van der Waals surface area contributed by atoms with Crippen LogP contribution < -0.4 is 5.32 Å². The second kappa shape index (κ2) is 5.79. The molecule has 0 saturated heterocycles. The van der Waals surface area contributed by atoms with E-state index in [1.807, 2.05) is 0 Å². The Labute approximate surface area is 110 Å². The number of hydrogen-bond donors (Lipinski definition) is 2. The summed E-state index contributed by atoms with van der Waals surface area (Å²) in [5.74, 6) is -0.363. The third kappa shape index (κ3) is 3.50. The summed E-state index contributed by atoms with van der Waals surface area (Å²) < 4.78 is 1.25. The molecule has 1 atom stereocenters. The predicted octanol–water partition coefficient (Wildman–Crippen LogP) is 0.271. The van der Waals surface area contributed by atoms with Gasteiger partial charge in [0, 0.05) is 13.2 Å². The van der Waals surface area contributed by atoms with Crippen LogP contribution in [0.25, 0.3) is 0 Å². The van der Waals surface area contributed by atoms with Crippen LogP contribution in [0.3, 0.4) is 0 Å². The monoisotopic (exact) mass is 270 g/mol. The molecule has 0 fully saturated rings. The zero-order valence-corrected chi connectivity index (χ0v) is 11.2. The lowest BCUT2D eigenvalue weighted by Gasteiger charge is -2.24. The molecular weight excluding hydrogens is 252 g/mol. The highest BCUT2D eigenvalue weighted by Gasteiger charge is 2.31. The van der Waals surface area contributed by atoms with Crippen LogP contribution >= 0.6 is 0 Å². The smallest absolute Gasteiger partial charge is 0.307 e. The molecule has 0 bridgehead atoms. The van der Waals surface area contributed by atoms with Crippen molar-refractivity contribution in [1.82, 2.24) is 15.1 Å². The summed E-state index contributed by atoms with van der Waals surface area (Å²) in [6.07, 6.45) is 2.32. The lowest BCUT2D eigenvalue weighted by Crippen LogP contribution is -2.46. The highest BCUT2D eigenvalue weighted by atomic mass is 16.6. The van der Waals surface area contributed by atoms with E-state index in [1.54, 1.807) is 20.8 Å². The molecule has 0 aromatic carbocycles. The fourth-order valence-corrected chi connectivity index (χ4v) is 1.37. The van der Waals surface area contributed by atoms with Crippen LogP contribution in [0.5, 0.6) is 0 Å². The van der Waals surface area contributed by atoms with Gasteiger partial charge >= 0.3 is 5.69 Å². The molecule has 0 spiro atoms. The van der Waals surface area contributed by atoms with Gasteiger partial charge in [-0.2, -0.15) is 5.10 Å². The minimum Gasteiger partial charge on any atom is -0.396 e. The van der Waals surface area contributed by atoms with Gasteiger partial charge in [0.15, 0.2) is 0 Å². The number of amides is 1. The molecule has 19 heavy (non-hydrogen) atoms. The summed E-state index contributed by atoms with van der Waals surface area (Å²) in [7, 11) is 0. The number of aliphatic hydroxyl groups excluding tert-OH is 1. The second-order valence-corrected chi connectivity index (χ2v) is 4.96. The van der Waals surface area contributed by atoms with E-state index < -0.39 is 10.5 Å². The first-order chi connectivity index (χ1) is 8.78. The van der Waals surface area contributed by atoms with Crippen LogP contribution in [-0.4, -0.2) is 38.9 Å². The van der Waals surface area contributed by atoms with Crippen molar-refractivity contribution < 1.29 is 14.8 Å². The number of rotatable bonds is 6. The molecule has 0 aliphatic heterocycles. The average Bonchev–Trinajstić information content (AvgIpc) is 2.85. The number of carbonyl (C=O) groups is 1. The molecule has 0 aliphatic carbocycles. The number of hydrogen-bond acceptors (Lipinski definition) is 5. The fourth-order valence-electron chi connectivity index (χ4n) is 1.37. The largest absolute Gasteiger partial charge is 0.396 e. The van der Waals surface area contributed by atoms with Crippen LogP contribution in [0.4, 0.5) is 5.69 Å². The number of carbonyl (C=O) groups excluding carboxylic acids is 1. The average molecular weight is 270 g/mol. The third-order valence-corrected chi connectivity index (χ3v) is 2.83. The van der Waals surface area contributed by atoms with Crippen molar-refractivity contribution in [2.24, 2.45) is 5.92 Å². The number of nitro groups is 1. The summed E-state index contributed by atoms with van der Waals surface area (Å²) in [6, 6.07) is 0. The molecule has 106 valence electrons. The third-order valence-electron chi connectivity index (χ3n) is 2.83. The van der Waals surface area contributed by atoms with Gasteiger partial charge < -0.3 is 10.4 Å². The van der Waals surface area contributed by atoms with Crippen molar-refractivity contribution in [3.63, 3.8) is 0 Å². The maximum atomic E-state index is 12.0. The van der Waals surface area contributed by atoms with E-state index >= 15 is 0 Å². The number of nitrogens with one attached hydrogen (secondary N) is 1. The van der Waals surface area contributed by atoms with Crippen LogP contribution in [0.1, 0.15) is 20.8 Å². The summed E-state index contributed by atoms with van der Waals surface area (Å²) in [6.45, 7) is 5.34. The molecule has 1 unspecified atom stereocenters. The lowest BCUT2D eigenvalue weighted by atomic mass is 10.0. The Hall–Kier alpha value is -1.96. The van der Waals surface area contributed by atoms with Gasteiger partial charge in [-0.25, -0.2) is 0 Å². The molecule has 1 aromatic rings. The Kier molecular flexibility index (Phi) is 4.60. The molecular formula is C11H18N4O4. The van der Waals surface area contributed by atoms with Crippen molar-refractivity contribution in [2.45, 2.75) is 26.3 Å². The molecule has 1 amide bonds. The quantitative estimate of drug-likeness (QED) is 0.569. The molecule has 0 saturated carbocycles. The van der Waals surface area contributed by atoms with Gasteiger partial charge in [-0.1, -0.05) is 6.92 Å². The molecule has 0 radical (unpaired) electrons. The second-order valence-electron chi connectivity index (χ2n) is 4.96. The Bertz CT molecular complexity index is 469. The Morgan fingerprint density at radius 2 is 2.32 bits per heavy atom. The van der Waals surface area contributed by atoms with E-state index in [2.05, 4.69) is 10.4 Å². The molecule has 1 heterocycles. The van der Waals surface area contributed by atoms with Gasteiger partial charge in [-0.15, -0.1) is 0 Å². The highest BCUT2D eigenvalue weighted by molar-refractivity contribution is 5.83. The summed E-state index contributed by atoms with van der Waals surface area (Å²) in [5, 5.41) is 26.0. The van der Waals surface area contributed by atoms with Crippen LogP contribution in [0.2, 0.25) is 0 Å². The predicted molar refractivity (Wildman–Crippen MR) is 67.5 cm³/mol. The molecule has 8 nitrogen and oxygen atoms in total. The van der Waals surface area contributed by atoms with Crippen molar-refractivity contribution in [3.8, 4) is 0 Å². The van der Waals surface area contributed by atoms with E-state index in [1.165, 1.54) is 10.9 Å². The zero-order chi connectivity index (χ0) is 14.6. The number of aliphatic hydroxyl groups is 1. The number of aromatic nitrogens is 2. The molecule has 8 heteroatoms. The molecule has 2 N–H and O–H groups in total. The van der Waals surface area contributed by atoms with Crippen molar-refractivity contribution >= 4 is 11.6 Å². The van der Waals surface area contributed by atoms with Crippen molar-refractivity contribution in [3.05, 3.63) is 22.5 Å². The zero-order valence-electron chi connectivity index (χ0n) is 11.2. The van der Waals surface area contributed by atoms with Gasteiger partial charge in [0.25, 0.3) is 0 Å². The van der Waals surface area contributed by atoms with Gasteiger partial charge in [0.1, 0.15) is 17.9 Å². The molecule has 1 rings (SSSR count). The fraction of sp³-hybridized carbons (Fsp3) is 0.636. The van der Waals surface area contributed by atoms with Crippen LogP contribution in [0.15, 0.2) is 12.4 Å². The first-order valence-corrected chi connectivity index (χ1v) is 5.87. The molecule has 0 aliphatic rings. The molecule has 1 aromatic heterocycles. The van der Waals surface area contributed by atoms with E-state index in [-0.39, 0.29) is 24.1 Å². The maximum Gasteiger partial charge on any atom is 0.307 e. The lowest BCUT2D eigenvalue weighted by molar-refractivity contribution is -0.385. The van der Waals surface area contributed by atoms with Crippen molar-refractivity contribution in [1.29, 1.82) is 0 Å². The maximum absolute atomic E-state index is 12.0.